The zero-order valence-electron chi connectivity index (χ0n) is 40.6. The summed E-state index contributed by atoms with van der Waals surface area (Å²) in [7, 11) is 0. The second kappa shape index (κ2) is 21.7. The molecule has 0 heterocycles. The summed E-state index contributed by atoms with van der Waals surface area (Å²) in [6, 6.07) is -0.168. The predicted molar refractivity (Wildman–Crippen MR) is 244 cm³/mol. The van der Waals surface area contributed by atoms with E-state index in [-0.39, 0.29) is 29.7 Å². The molecule has 10 nitrogen and oxygen atoms in total. The third kappa shape index (κ3) is 14.5. The number of allylic oxidation sites excluding steroid dienone is 1. The Morgan fingerprint density at radius 2 is 1.40 bits per heavy atom. The highest BCUT2D eigenvalue weighted by molar-refractivity contribution is 5.69. The van der Waals surface area contributed by atoms with E-state index in [0.717, 1.165) is 87.1 Å². The molecule has 60 heavy (non-hydrogen) atoms. The van der Waals surface area contributed by atoms with Crippen LogP contribution in [0, 0.1) is 46.3 Å². The number of hydrogen-bond acceptors (Lipinski definition) is 7. The van der Waals surface area contributed by atoms with Gasteiger partial charge in [-0.1, -0.05) is 65.5 Å². The van der Waals surface area contributed by atoms with Gasteiger partial charge in [0.05, 0.1) is 0 Å². The van der Waals surface area contributed by atoms with Gasteiger partial charge in [0.2, 0.25) is 0 Å². The molecular weight excluding hydrogens is 753 g/mol. The molecule has 3 N–H and O–H groups in total. The molecule has 0 aromatic heterocycles. The lowest BCUT2D eigenvalue weighted by Crippen LogP contribution is -2.51. The number of alkyl carbamates (subject to hydrolysis) is 2. The molecule has 4 rings (SSSR count). The van der Waals surface area contributed by atoms with E-state index in [0.29, 0.717) is 24.9 Å². The molecule has 3 fully saturated rings. The molecule has 346 valence electrons. The van der Waals surface area contributed by atoms with Crippen LogP contribution in [0.3, 0.4) is 0 Å². The van der Waals surface area contributed by atoms with Gasteiger partial charge in [-0.2, -0.15) is 0 Å². The first kappa shape index (κ1) is 50.2. The summed E-state index contributed by atoms with van der Waals surface area (Å²) < 4.78 is 17.2. The number of amides is 3. The van der Waals surface area contributed by atoms with Crippen LogP contribution in [-0.2, 0) is 14.2 Å². The third-order valence-corrected chi connectivity index (χ3v) is 14.9. The summed E-state index contributed by atoms with van der Waals surface area (Å²) in [5.41, 5.74) is 1.12. The van der Waals surface area contributed by atoms with Gasteiger partial charge in [0.1, 0.15) is 17.3 Å². The van der Waals surface area contributed by atoms with Gasteiger partial charge in [-0.05, 0) is 185 Å². The second-order valence-corrected chi connectivity index (χ2v) is 22.7. The number of fused-ring (bicyclic) bond motifs is 5. The van der Waals surface area contributed by atoms with Crippen LogP contribution >= 0.6 is 0 Å². The van der Waals surface area contributed by atoms with Crippen molar-refractivity contribution in [1.29, 1.82) is 0 Å². The van der Waals surface area contributed by atoms with Crippen LogP contribution in [0.1, 0.15) is 186 Å². The van der Waals surface area contributed by atoms with Crippen LogP contribution < -0.4 is 16.0 Å². The van der Waals surface area contributed by atoms with Crippen molar-refractivity contribution in [3.8, 4) is 0 Å². The van der Waals surface area contributed by atoms with Gasteiger partial charge in [-0.3, -0.25) is 0 Å². The van der Waals surface area contributed by atoms with Crippen molar-refractivity contribution in [1.82, 2.24) is 20.9 Å². The average molecular weight is 843 g/mol. The zero-order valence-corrected chi connectivity index (χ0v) is 40.6. The molecule has 0 aliphatic heterocycles. The topological polar surface area (TPSA) is 118 Å². The number of rotatable bonds is 19. The normalized spacial score (nSPS) is 29.2. The summed E-state index contributed by atoms with van der Waals surface area (Å²) in [5.74, 6) is 4.83. The van der Waals surface area contributed by atoms with Crippen molar-refractivity contribution in [3.63, 3.8) is 0 Å². The van der Waals surface area contributed by atoms with E-state index in [1.54, 1.807) is 0 Å². The van der Waals surface area contributed by atoms with E-state index in [2.05, 4.69) is 56.6 Å². The van der Waals surface area contributed by atoms with Gasteiger partial charge in [-0.15, -0.1) is 0 Å². The molecule has 0 radical (unpaired) electrons. The summed E-state index contributed by atoms with van der Waals surface area (Å²) in [6.07, 6.45) is 18.2. The van der Waals surface area contributed by atoms with Crippen LogP contribution in [0.25, 0.3) is 0 Å². The molecule has 2 unspecified atom stereocenters. The maximum atomic E-state index is 14.0. The first-order valence-electron chi connectivity index (χ1n) is 24.4. The number of carbonyl (C=O) groups is 3. The predicted octanol–water partition coefficient (Wildman–Crippen LogP) is 11.8. The molecule has 0 spiro atoms. The summed E-state index contributed by atoms with van der Waals surface area (Å²) in [4.78, 5) is 40.4. The van der Waals surface area contributed by atoms with Crippen LogP contribution in [0.5, 0.6) is 0 Å². The number of nitrogens with zero attached hydrogens (tertiary/aromatic N) is 1. The minimum atomic E-state index is -0.576. The van der Waals surface area contributed by atoms with Crippen LogP contribution in [-0.4, -0.2) is 78.7 Å². The maximum absolute atomic E-state index is 14.0. The van der Waals surface area contributed by atoms with E-state index < -0.39 is 23.4 Å². The number of unbranched alkanes of at least 4 members (excludes halogenated alkanes) is 1. The Labute approximate surface area is 366 Å². The van der Waals surface area contributed by atoms with E-state index in [9.17, 15) is 14.4 Å². The number of hydrogen-bond donors (Lipinski definition) is 3. The largest absolute Gasteiger partial charge is 0.446 e. The van der Waals surface area contributed by atoms with E-state index in [4.69, 9.17) is 14.2 Å². The lowest BCUT2D eigenvalue weighted by Gasteiger charge is -2.58. The van der Waals surface area contributed by atoms with Gasteiger partial charge < -0.3 is 35.1 Å². The van der Waals surface area contributed by atoms with Crippen LogP contribution in [0.15, 0.2) is 11.6 Å². The lowest BCUT2D eigenvalue weighted by molar-refractivity contribution is -0.0593. The standard InChI is InChI=1S/C50H90N4O6/c1-34(2)17-16-18-35(3)41-21-22-42-40-20-19-38-33-39(23-27-49(38,12)43(40)24-28-50(41,42)13)58-46(57)54(32-26-37(5)53-45(56)60-48(9,10)11)31-15-14-29-51-30-25-36(4)52-44(55)59-47(6,7)8/h19,34-37,39-43,51H,14-18,20-33H2,1-13H3,(H,52,55)(H,53,56)/t35-,36?,37?,39+,40+,41-,42+,43+,49+,50-/m1/s1. The van der Waals surface area contributed by atoms with Crippen molar-refractivity contribution in [2.45, 2.75) is 216 Å². The smallest absolute Gasteiger partial charge is 0.410 e. The molecule has 0 aromatic carbocycles. The molecule has 10 atom stereocenters. The van der Waals surface area contributed by atoms with Crippen molar-refractivity contribution in [2.24, 2.45) is 46.3 Å². The third-order valence-electron chi connectivity index (χ3n) is 14.9. The zero-order chi connectivity index (χ0) is 44.5. The Balaban J connectivity index is 1.30. The molecule has 0 bridgehead atoms. The van der Waals surface area contributed by atoms with E-state index >= 15 is 0 Å². The Morgan fingerprint density at radius 3 is 2.03 bits per heavy atom. The van der Waals surface area contributed by atoms with Gasteiger partial charge in [0.25, 0.3) is 0 Å². The molecule has 0 aromatic rings. The highest BCUT2D eigenvalue weighted by atomic mass is 16.6. The number of carbonyl (C=O) groups excluding carboxylic acids is 3. The SMILES string of the molecule is CC(C)CCC[C@@H](C)[C@H]1CC[C@H]2[C@@H]3CC=C4C[C@@H](OC(=O)N(CCCCNCCC(C)NC(=O)OC(C)(C)C)CCC(C)NC(=O)OC(C)(C)C)CC[C@]4(C)[C@H]3CC[C@]12C. The molecule has 0 saturated heterocycles. The minimum absolute atomic E-state index is 0.00563. The highest BCUT2D eigenvalue weighted by Crippen LogP contribution is 2.67. The van der Waals surface area contributed by atoms with Crippen molar-refractivity contribution in [3.05, 3.63) is 11.6 Å². The Bertz CT molecular complexity index is 1420. The Morgan fingerprint density at radius 1 is 0.750 bits per heavy atom. The Kier molecular flexibility index (Phi) is 18.2. The summed E-state index contributed by atoms with van der Waals surface area (Å²) in [6.45, 7) is 30.2. The molecule has 4 aliphatic rings. The lowest BCUT2D eigenvalue weighted by atomic mass is 9.47. The fourth-order valence-corrected chi connectivity index (χ4v) is 11.8. The quantitative estimate of drug-likeness (QED) is 0.0673. The molecule has 3 amide bonds. The first-order chi connectivity index (χ1) is 28.0. The maximum Gasteiger partial charge on any atom is 0.410 e. The first-order valence-corrected chi connectivity index (χ1v) is 24.4. The minimum Gasteiger partial charge on any atom is -0.446 e. The summed E-state index contributed by atoms with van der Waals surface area (Å²) in [5, 5.41) is 9.32. The van der Waals surface area contributed by atoms with Gasteiger partial charge >= 0.3 is 18.3 Å². The molecule has 4 aliphatic carbocycles. The van der Waals surface area contributed by atoms with Gasteiger partial charge in [-0.25, -0.2) is 14.4 Å². The highest BCUT2D eigenvalue weighted by Gasteiger charge is 2.59. The van der Waals surface area contributed by atoms with Crippen molar-refractivity contribution >= 4 is 18.3 Å². The van der Waals surface area contributed by atoms with Crippen LogP contribution in [0.4, 0.5) is 14.4 Å². The fraction of sp³-hybridized carbons (Fsp3) is 0.900. The van der Waals surface area contributed by atoms with E-state index in [1.807, 2.05) is 60.3 Å². The number of nitrogens with one attached hydrogen (secondary N) is 3. The summed E-state index contributed by atoms with van der Waals surface area (Å²) >= 11 is 0. The Hall–Kier alpha value is -2.49. The molecule has 10 heteroatoms. The van der Waals surface area contributed by atoms with Crippen molar-refractivity contribution < 1.29 is 28.6 Å². The fourth-order valence-electron chi connectivity index (χ4n) is 11.8. The number of ether oxygens (including phenoxy) is 3. The second-order valence-electron chi connectivity index (χ2n) is 22.7. The monoisotopic (exact) mass is 843 g/mol. The van der Waals surface area contributed by atoms with Gasteiger partial charge in [0.15, 0.2) is 0 Å². The molecular formula is C50H90N4O6. The molecule has 3 saturated carbocycles. The van der Waals surface area contributed by atoms with Crippen molar-refractivity contribution in [2.75, 3.05) is 26.2 Å². The van der Waals surface area contributed by atoms with E-state index in [1.165, 1.54) is 56.9 Å². The average Bonchev–Trinajstić information content (AvgIpc) is 3.48. The van der Waals surface area contributed by atoms with Crippen LogP contribution in [0.2, 0.25) is 0 Å². The van der Waals surface area contributed by atoms with Gasteiger partial charge in [0, 0.05) is 31.6 Å².